The fourth-order valence-electron chi connectivity index (χ4n) is 0.635. The number of aliphatic imine (C=N–C) groups is 1. The Balaban J connectivity index is 0. The van der Waals surface area contributed by atoms with Gasteiger partial charge in [0.1, 0.15) is 0 Å². The smallest absolute Gasteiger partial charge is 1.00 e. The van der Waals surface area contributed by atoms with Gasteiger partial charge in [-0.2, -0.15) is 5.26 Å². The SMILES string of the molecule is CN(C)C=Nc1n[c-]ncc1C#N.[Cl-].[Mg+2]. The zero-order valence-electron chi connectivity index (χ0n) is 8.48. The summed E-state index contributed by atoms with van der Waals surface area (Å²) in [7, 11) is 3.67. The van der Waals surface area contributed by atoms with Gasteiger partial charge in [0.2, 0.25) is 0 Å². The third kappa shape index (κ3) is 5.52. The Morgan fingerprint density at radius 3 is 2.80 bits per heavy atom. The second kappa shape index (κ2) is 8.41. The Morgan fingerprint density at radius 2 is 2.27 bits per heavy atom. The van der Waals surface area contributed by atoms with E-state index in [0.29, 0.717) is 11.4 Å². The predicted octanol–water partition coefficient (Wildman–Crippen LogP) is -3.01. The molecule has 0 saturated carbocycles. The van der Waals surface area contributed by atoms with Crippen molar-refractivity contribution in [2.45, 2.75) is 0 Å². The van der Waals surface area contributed by atoms with Crippen molar-refractivity contribution in [2.75, 3.05) is 14.1 Å². The molecule has 0 aromatic carbocycles. The van der Waals surface area contributed by atoms with Gasteiger partial charge in [0.25, 0.3) is 0 Å². The number of halogens is 1. The van der Waals surface area contributed by atoms with Crippen molar-refractivity contribution >= 4 is 35.2 Å². The van der Waals surface area contributed by atoms with Gasteiger partial charge < -0.3 is 27.3 Å². The molecule has 0 aliphatic rings. The topological polar surface area (TPSA) is 65.2 Å². The summed E-state index contributed by atoms with van der Waals surface area (Å²) in [6, 6.07) is 1.94. The molecule has 0 aliphatic heterocycles. The molecule has 15 heavy (non-hydrogen) atoms. The van der Waals surface area contributed by atoms with Crippen LogP contribution in [0.4, 0.5) is 5.82 Å². The predicted molar refractivity (Wildman–Crippen MR) is 53.2 cm³/mol. The first-order valence-electron chi connectivity index (χ1n) is 3.58. The normalized spacial score (nSPS) is 8.60. The van der Waals surface area contributed by atoms with Crippen molar-refractivity contribution in [3.8, 4) is 6.07 Å². The minimum atomic E-state index is 0. The third-order valence-corrected chi connectivity index (χ3v) is 1.18. The Kier molecular flexibility index (Phi) is 9.26. The number of hydrogen-bond donors (Lipinski definition) is 0. The van der Waals surface area contributed by atoms with Gasteiger partial charge in [-0.25, -0.2) is 0 Å². The van der Waals surface area contributed by atoms with Gasteiger partial charge in [-0.1, -0.05) is 6.20 Å². The number of hydrogen-bond acceptors (Lipinski definition) is 4. The summed E-state index contributed by atoms with van der Waals surface area (Å²) in [4.78, 5) is 13.1. The van der Waals surface area contributed by atoms with Crippen LogP contribution in [0.3, 0.4) is 0 Å². The second-order valence-corrected chi connectivity index (χ2v) is 2.53. The van der Waals surface area contributed by atoms with Gasteiger partial charge in [-0.3, -0.25) is 4.99 Å². The van der Waals surface area contributed by atoms with E-state index in [1.165, 1.54) is 6.20 Å². The number of nitriles is 1. The summed E-state index contributed by atoms with van der Waals surface area (Å²) in [5.41, 5.74) is 0.344. The summed E-state index contributed by atoms with van der Waals surface area (Å²) in [5, 5.41) is 8.65. The van der Waals surface area contributed by atoms with E-state index >= 15 is 0 Å². The molecule has 1 aromatic rings. The molecule has 0 saturated heterocycles. The van der Waals surface area contributed by atoms with Gasteiger partial charge >= 0.3 is 23.1 Å². The molecule has 7 heteroatoms. The van der Waals surface area contributed by atoms with Crippen LogP contribution in [0.5, 0.6) is 0 Å². The molecule has 5 nitrogen and oxygen atoms in total. The quantitative estimate of drug-likeness (QED) is 0.236. The molecule has 0 atom stereocenters. The van der Waals surface area contributed by atoms with Gasteiger partial charge in [-0.05, 0) is 0 Å². The largest absolute Gasteiger partial charge is 2.00 e. The summed E-state index contributed by atoms with van der Waals surface area (Å²) >= 11 is 0. The molecule has 0 radical (unpaired) electrons. The summed E-state index contributed by atoms with van der Waals surface area (Å²) in [6.07, 6.45) is 5.33. The van der Waals surface area contributed by atoms with Crippen LogP contribution in [0, 0.1) is 17.7 Å². The maximum absolute atomic E-state index is 8.65. The molecule has 1 heterocycles. The molecule has 0 spiro atoms. The van der Waals surface area contributed by atoms with Crippen LogP contribution in [0.25, 0.3) is 0 Å². The first-order valence-corrected chi connectivity index (χ1v) is 3.58. The van der Waals surface area contributed by atoms with Crippen molar-refractivity contribution in [2.24, 2.45) is 4.99 Å². The van der Waals surface area contributed by atoms with Crippen LogP contribution in [-0.4, -0.2) is 58.4 Å². The minimum Gasteiger partial charge on any atom is -1.00 e. The summed E-state index contributed by atoms with van der Waals surface area (Å²) in [5.74, 6) is 0.339. The maximum atomic E-state index is 8.65. The molecular weight excluding hydrogens is 226 g/mol. The summed E-state index contributed by atoms with van der Waals surface area (Å²) < 4.78 is 0. The van der Waals surface area contributed by atoms with E-state index in [-0.39, 0.29) is 35.5 Å². The Hall–Kier alpha value is -0.904. The Morgan fingerprint density at radius 1 is 1.60 bits per heavy atom. The van der Waals surface area contributed by atoms with Crippen molar-refractivity contribution in [3.63, 3.8) is 0 Å². The first kappa shape index (κ1) is 16.5. The van der Waals surface area contributed by atoms with Crippen LogP contribution in [0.1, 0.15) is 5.56 Å². The number of nitrogens with zero attached hydrogens (tertiary/aromatic N) is 5. The molecule has 0 amide bonds. The molecule has 74 valence electrons. The van der Waals surface area contributed by atoms with E-state index in [4.69, 9.17) is 5.26 Å². The molecule has 0 unspecified atom stereocenters. The van der Waals surface area contributed by atoms with Crippen LogP contribution >= 0.6 is 0 Å². The van der Waals surface area contributed by atoms with E-state index in [9.17, 15) is 0 Å². The zero-order chi connectivity index (χ0) is 9.68. The van der Waals surface area contributed by atoms with Crippen molar-refractivity contribution in [1.82, 2.24) is 14.9 Å². The fraction of sp³-hybridized carbons (Fsp3) is 0.250. The van der Waals surface area contributed by atoms with Crippen molar-refractivity contribution in [3.05, 3.63) is 18.1 Å². The third-order valence-electron chi connectivity index (χ3n) is 1.18. The molecule has 1 rings (SSSR count). The monoisotopic (exact) mass is 233 g/mol. The Labute approximate surface area is 111 Å². The second-order valence-electron chi connectivity index (χ2n) is 2.53. The maximum Gasteiger partial charge on any atom is 2.00 e. The molecule has 0 aliphatic carbocycles. The molecule has 1 aromatic heterocycles. The summed E-state index contributed by atoms with van der Waals surface area (Å²) in [6.45, 7) is 0. The van der Waals surface area contributed by atoms with E-state index in [2.05, 4.69) is 21.3 Å². The molecule has 0 fully saturated rings. The average Bonchev–Trinajstić information content (AvgIpc) is 2.15. The van der Waals surface area contributed by atoms with E-state index in [1.807, 2.05) is 20.2 Å². The van der Waals surface area contributed by atoms with Gasteiger partial charge in [0.15, 0.2) is 0 Å². The zero-order valence-corrected chi connectivity index (χ0v) is 10.6. The average molecular weight is 234 g/mol. The van der Waals surface area contributed by atoms with Crippen LogP contribution in [0.2, 0.25) is 0 Å². The Bertz CT molecular complexity index is 360. The van der Waals surface area contributed by atoms with E-state index in [0.717, 1.165) is 0 Å². The first-order chi connectivity index (χ1) is 6.24. The minimum absolute atomic E-state index is 0. The van der Waals surface area contributed by atoms with Crippen molar-refractivity contribution < 1.29 is 12.4 Å². The van der Waals surface area contributed by atoms with Crippen LogP contribution in [-0.2, 0) is 0 Å². The van der Waals surface area contributed by atoms with E-state index < -0.39 is 0 Å². The fourth-order valence-corrected chi connectivity index (χ4v) is 0.635. The number of rotatable bonds is 2. The van der Waals surface area contributed by atoms with Crippen molar-refractivity contribution in [1.29, 1.82) is 5.26 Å². The van der Waals surface area contributed by atoms with Crippen LogP contribution in [0.15, 0.2) is 11.2 Å². The molecule has 0 bridgehead atoms. The van der Waals surface area contributed by atoms with Gasteiger partial charge in [0.05, 0.1) is 18.2 Å². The van der Waals surface area contributed by atoms with Gasteiger partial charge in [-0.15, -0.1) is 0 Å². The van der Waals surface area contributed by atoms with Gasteiger partial charge in [0, 0.05) is 26.0 Å². The number of aromatic nitrogens is 2. The standard InChI is InChI=1S/C8H8N5.ClH.Mg/c1-13(2)6-12-8-7(3-9)4-10-5-11-8;;/h4,6H,1-2H3;1H;/q-1;;+2/p-1. The molecular formula is C8H8ClMgN5. The van der Waals surface area contributed by atoms with Crippen LogP contribution < -0.4 is 12.4 Å². The molecule has 0 N–H and O–H groups in total. The van der Waals surface area contributed by atoms with E-state index in [1.54, 1.807) is 11.2 Å².